The molecule has 1 amide bonds. The normalized spacial score (nSPS) is 23.8. The molecular weight excluding hydrogens is 488 g/mol. The number of nitrogens with zero attached hydrogens (tertiary/aromatic N) is 1. The van der Waals surface area contributed by atoms with Crippen molar-refractivity contribution in [3.63, 3.8) is 0 Å². The van der Waals surface area contributed by atoms with E-state index < -0.39 is 12.3 Å². The van der Waals surface area contributed by atoms with E-state index in [1.54, 1.807) is 7.11 Å². The molecule has 206 valence electrons. The Kier molecular flexibility index (Phi) is 10.3. The van der Waals surface area contributed by atoms with Gasteiger partial charge in [-0.25, -0.2) is 0 Å². The van der Waals surface area contributed by atoms with E-state index in [2.05, 4.69) is 10.2 Å². The Morgan fingerprint density at radius 1 is 1.03 bits per heavy atom. The average Bonchev–Trinajstić information content (AvgIpc) is 3.37. The van der Waals surface area contributed by atoms with Gasteiger partial charge in [-0.1, -0.05) is 48.5 Å². The summed E-state index contributed by atoms with van der Waals surface area (Å²) in [6.07, 6.45) is 2.06. The smallest absolute Gasteiger partial charge is 0.303 e. The van der Waals surface area contributed by atoms with Crippen molar-refractivity contribution in [1.29, 1.82) is 0 Å². The number of aliphatic carboxylic acids is 1. The second-order valence-electron chi connectivity index (χ2n) is 10.0. The Morgan fingerprint density at radius 2 is 1.74 bits per heavy atom. The monoisotopic (exact) mass is 526 g/mol. The van der Waals surface area contributed by atoms with Gasteiger partial charge in [0.05, 0.1) is 31.8 Å². The molecule has 0 radical (unpaired) electrons. The third-order valence-corrected chi connectivity index (χ3v) is 7.22. The lowest BCUT2D eigenvalue weighted by atomic mass is 9.99. The van der Waals surface area contributed by atoms with Crippen LogP contribution in [0.25, 0.3) is 0 Å². The average molecular weight is 527 g/mol. The predicted molar refractivity (Wildman–Crippen MR) is 140 cm³/mol. The fourth-order valence-electron chi connectivity index (χ4n) is 5.11. The van der Waals surface area contributed by atoms with Crippen LogP contribution in [0.2, 0.25) is 0 Å². The Morgan fingerprint density at radius 3 is 2.42 bits per heavy atom. The van der Waals surface area contributed by atoms with Gasteiger partial charge in [0.25, 0.3) is 0 Å². The van der Waals surface area contributed by atoms with Gasteiger partial charge in [-0.2, -0.15) is 0 Å². The number of hydrogen-bond donors (Lipinski definition) is 3. The number of carboxylic acids is 1. The van der Waals surface area contributed by atoms with Crippen molar-refractivity contribution in [3.8, 4) is 0 Å². The van der Waals surface area contributed by atoms with Crippen molar-refractivity contribution in [1.82, 2.24) is 10.2 Å². The van der Waals surface area contributed by atoms with Crippen LogP contribution in [0.1, 0.15) is 66.8 Å². The van der Waals surface area contributed by atoms with Crippen molar-refractivity contribution < 1.29 is 34.0 Å². The molecule has 2 aliphatic heterocycles. The SMILES string of the molecule is COC[C@@H]1CCCN1C[C@H]1C[C@@H](c2ccc(CO)cc2)O[C@@H](c2ccc(CNC(=O)CCC(=O)O)cc2)O1. The summed E-state index contributed by atoms with van der Waals surface area (Å²) in [5.41, 5.74) is 3.71. The standard InChI is InChI=1S/C29H38N2O7/c1-36-19-24-3-2-14-31(24)17-25-15-26(22-8-6-21(18-32)7-9-22)38-29(37-25)23-10-4-20(5-11-23)16-30-27(33)12-13-28(34)35/h4-11,24-26,29,32H,2-3,12-19H2,1H3,(H,30,33)(H,34,35)/t24-,25+,26-,29-/m0/s1. The molecule has 2 heterocycles. The molecule has 0 bridgehead atoms. The topological polar surface area (TPSA) is 118 Å². The Labute approximate surface area is 223 Å². The first-order chi connectivity index (χ1) is 18.4. The number of amides is 1. The molecule has 2 aliphatic rings. The highest BCUT2D eigenvalue weighted by atomic mass is 16.7. The summed E-state index contributed by atoms with van der Waals surface area (Å²) in [4.78, 5) is 25.0. The van der Waals surface area contributed by atoms with Crippen LogP contribution in [0.4, 0.5) is 0 Å². The van der Waals surface area contributed by atoms with Gasteiger partial charge in [0, 0.05) is 44.6 Å². The van der Waals surface area contributed by atoms with Crippen LogP contribution in [-0.2, 0) is 37.0 Å². The van der Waals surface area contributed by atoms with Gasteiger partial charge in [-0.3, -0.25) is 14.5 Å². The van der Waals surface area contributed by atoms with Crippen LogP contribution in [0.5, 0.6) is 0 Å². The molecule has 38 heavy (non-hydrogen) atoms. The van der Waals surface area contributed by atoms with E-state index in [1.165, 1.54) is 0 Å². The van der Waals surface area contributed by atoms with E-state index in [4.69, 9.17) is 19.3 Å². The van der Waals surface area contributed by atoms with E-state index in [9.17, 15) is 14.7 Å². The van der Waals surface area contributed by atoms with E-state index in [1.807, 2.05) is 48.5 Å². The number of carbonyl (C=O) groups excluding carboxylic acids is 1. The molecule has 0 aliphatic carbocycles. The van der Waals surface area contributed by atoms with E-state index >= 15 is 0 Å². The van der Waals surface area contributed by atoms with Crippen LogP contribution >= 0.6 is 0 Å². The van der Waals surface area contributed by atoms with Gasteiger partial charge in [0.2, 0.25) is 5.91 Å². The van der Waals surface area contributed by atoms with Crippen molar-refractivity contribution in [2.24, 2.45) is 0 Å². The third-order valence-electron chi connectivity index (χ3n) is 7.22. The first kappa shape index (κ1) is 28.2. The minimum atomic E-state index is -0.989. The van der Waals surface area contributed by atoms with Gasteiger partial charge >= 0.3 is 5.97 Å². The lowest BCUT2D eigenvalue weighted by Gasteiger charge is -2.38. The maximum absolute atomic E-state index is 11.8. The number of hydrogen-bond acceptors (Lipinski definition) is 7. The zero-order valence-electron chi connectivity index (χ0n) is 21.9. The highest BCUT2D eigenvalue weighted by Crippen LogP contribution is 2.38. The number of methoxy groups -OCH3 is 1. The molecule has 0 spiro atoms. The Bertz CT molecular complexity index is 1040. The Balaban J connectivity index is 1.44. The number of aliphatic hydroxyl groups excluding tert-OH is 1. The van der Waals surface area contributed by atoms with Crippen LogP contribution in [0.15, 0.2) is 48.5 Å². The Hall–Kier alpha value is -2.82. The number of rotatable bonds is 12. The zero-order chi connectivity index (χ0) is 26.9. The molecule has 2 aromatic carbocycles. The molecular formula is C29H38N2O7. The summed E-state index contributed by atoms with van der Waals surface area (Å²) in [5, 5.41) is 20.9. The lowest BCUT2D eigenvalue weighted by Crippen LogP contribution is -2.42. The van der Waals surface area contributed by atoms with Crippen molar-refractivity contribution in [3.05, 3.63) is 70.8 Å². The quantitative estimate of drug-likeness (QED) is 0.386. The molecule has 0 aromatic heterocycles. The summed E-state index contributed by atoms with van der Waals surface area (Å²) in [7, 11) is 1.74. The predicted octanol–water partition coefficient (Wildman–Crippen LogP) is 3.32. The van der Waals surface area contributed by atoms with Crippen LogP contribution in [0.3, 0.4) is 0 Å². The highest BCUT2D eigenvalue weighted by Gasteiger charge is 2.35. The maximum atomic E-state index is 11.8. The van der Waals surface area contributed by atoms with E-state index in [-0.39, 0.29) is 37.6 Å². The molecule has 4 rings (SSSR count). The van der Waals surface area contributed by atoms with Gasteiger partial charge in [-0.05, 0) is 36.1 Å². The number of carboxylic acid groups (broad SMARTS) is 1. The third kappa shape index (κ3) is 7.85. The molecule has 9 heteroatoms. The molecule has 4 atom stereocenters. The summed E-state index contributed by atoms with van der Waals surface area (Å²) in [6.45, 7) is 2.88. The van der Waals surface area contributed by atoms with E-state index in [0.29, 0.717) is 19.2 Å². The first-order valence-electron chi connectivity index (χ1n) is 13.3. The number of likely N-dealkylation sites (tertiary alicyclic amines) is 1. The molecule has 2 aromatic rings. The minimum Gasteiger partial charge on any atom is -0.481 e. The summed E-state index contributed by atoms with van der Waals surface area (Å²) in [6, 6.07) is 16.0. The van der Waals surface area contributed by atoms with Crippen LogP contribution in [-0.4, -0.2) is 65.9 Å². The van der Waals surface area contributed by atoms with Crippen LogP contribution < -0.4 is 5.32 Å². The molecule has 2 fully saturated rings. The highest BCUT2D eigenvalue weighted by molar-refractivity contribution is 5.80. The second-order valence-corrected chi connectivity index (χ2v) is 10.0. The largest absolute Gasteiger partial charge is 0.481 e. The molecule has 3 N–H and O–H groups in total. The summed E-state index contributed by atoms with van der Waals surface area (Å²) in [5.74, 6) is -1.28. The first-order valence-corrected chi connectivity index (χ1v) is 13.3. The lowest BCUT2D eigenvalue weighted by molar-refractivity contribution is -0.253. The van der Waals surface area contributed by atoms with Gasteiger partial charge in [-0.15, -0.1) is 0 Å². The molecule has 2 saturated heterocycles. The zero-order valence-corrected chi connectivity index (χ0v) is 21.9. The molecule has 0 unspecified atom stereocenters. The van der Waals surface area contributed by atoms with Crippen molar-refractivity contribution in [2.75, 3.05) is 26.8 Å². The van der Waals surface area contributed by atoms with Crippen LogP contribution in [0, 0.1) is 0 Å². The minimum absolute atomic E-state index is 0.00236. The number of aliphatic hydroxyl groups is 1. The number of benzene rings is 2. The second kappa shape index (κ2) is 13.8. The van der Waals surface area contributed by atoms with Gasteiger partial charge in [0.1, 0.15) is 0 Å². The van der Waals surface area contributed by atoms with Gasteiger partial charge in [0.15, 0.2) is 6.29 Å². The molecule has 9 nitrogen and oxygen atoms in total. The fraction of sp³-hybridized carbons (Fsp3) is 0.517. The summed E-state index contributed by atoms with van der Waals surface area (Å²) >= 11 is 0. The summed E-state index contributed by atoms with van der Waals surface area (Å²) < 4.78 is 18.4. The maximum Gasteiger partial charge on any atom is 0.303 e. The van der Waals surface area contributed by atoms with Gasteiger partial charge < -0.3 is 29.7 Å². The number of nitrogens with one attached hydrogen (secondary N) is 1. The van der Waals surface area contributed by atoms with E-state index in [0.717, 1.165) is 54.6 Å². The fourth-order valence-corrected chi connectivity index (χ4v) is 5.11. The van der Waals surface area contributed by atoms with Crippen molar-refractivity contribution in [2.45, 2.75) is 69.8 Å². The molecule has 0 saturated carbocycles. The number of carbonyl (C=O) groups is 2. The number of ether oxygens (including phenoxy) is 3. The van der Waals surface area contributed by atoms with Crippen molar-refractivity contribution >= 4 is 11.9 Å².